The first-order chi connectivity index (χ1) is 15.7. The van der Waals surface area contributed by atoms with Crippen LogP contribution < -0.4 is 10.1 Å². The lowest BCUT2D eigenvalue weighted by Gasteiger charge is -2.11. The van der Waals surface area contributed by atoms with Crippen molar-refractivity contribution in [3.8, 4) is 28.3 Å². The fourth-order valence-electron chi connectivity index (χ4n) is 3.75. The summed E-state index contributed by atoms with van der Waals surface area (Å²) in [4.78, 5) is 25.6. The van der Waals surface area contributed by atoms with E-state index < -0.39 is 0 Å². The SMILES string of the molecule is CNc1nc(-c2cccnc2)nc2ccc(-c3cccc(OCC(=O)CC4CC4)c3)cc12. The molecule has 1 N–H and O–H groups in total. The first-order valence-corrected chi connectivity index (χ1v) is 10.8. The summed E-state index contributed by atoms with van der Waals surface area (Å²) < 4.78 is 5.76. The molecule has 2 heterocycles. The number of benzene rings is 2. The number of nitrogens with one attached hydrogen (secondary N) is 1. The van der Waals surface area contributed by atoms with Crippen LogP contribution in [-0.4, -0.2) is 34.4 Å². The minimum absolute atomic E-state index is 0.131. The Bertz CT molecular complexity index is 1270. The van der Waals surface area contributed by atoms with E-state index in [0.717, 1.165) is 33.4 Å². The van der Waals surface area contributed by atoms with Crippen LogP contribution in [0.5, 0.6) is 5.75 Å². The second kappa shape index (κ2) is 8.75. The molecule has 0 aliphatic heterocycles. The fraction of sp³-hybridized carbons (Fsp3) is 0.231. The van der Waals surface area contributed by atoms with Crippen LogP contribution in [0.3, 0.4) is 0 Å². The van der Waals surface area contributed by atoms with E-state index in [1.165, 1.54) is 12.8 Å². The normalized spacial score (nSPS) is 13.2. The zero-order valence-electron chi connectivity index (χ0n) is 17.9. The Kier molecular flexibility index (Phi) is 5.50. The molecule has 0 saturated heterocycles. The highest BCUT2D eigenvalue weighted by molar-refractivity contribution is 5.94. The highest BCUT2D eigenvalue weighted by Gasteiger charge is 2.24. The van der Waals surface area contributed by atoms with E-state index in [-0.39, 0.29) is 12.4 Å². The Morgan fingerprint density at radius 2 is 1.88 bits per heavy atom. The second-order valence-corrected chi connectivity index (χ2v) is 8.12. The monoisotopic (exact) mass is 424 g/mol. The number of ether oxygens (including phenoxy) is 1. The van der Waals surface area contributed by atoms with Crippen molar-refractivity contribution in [2.75, 3.05) is 19.0 Å². The Labute approximate surface area is 186 Å². The van der Waals surface area contributed by atoms with E-state index in [1.807, 2.05) is 55.6 Å². The molecule has 6 heteroatoms. The number of fused-ring (bicyclic) bond motifs is 1. The molecule has 0 unspecified atom stereocenters. The zero-order valence-corrected chi connectivity index (χ0v) is 17.9. The highest BCUT2D eigenvalue weighted by Crippen LogP contribution is 2.33. The van der Waals surface area contributed by atoms with Crippen molar-refractivity contribution in [1.82, 2.24) is 15.0 Å². The number of anilines is 1. The molecule has 1 aliphatic rings. The molecule has 4 aromatic rings. The van der Waals surface area contributed by atoms with Crippen molar-refractivity contribution >= 4 is 22.5 Å². The lowest BCUT2D eigenvalue weighted by molar-refractivity contribution is -0.121. The molecular formula is C26H24N4O2. The number of hydrogen-bond acceptors (Lipinski definition) is 6. The third-order valence-corrected chi connectivity index (χ3v) is 5.63. The molecule has 2 aromatic carbocycles. The van der Waals surface area contributed by atoms with Gasteiger partial charge < -0.3 is 10.1 Å². The minimum Gasteiger partial charge on any atom is -0.486 e. The second-order valence-electron chi connectivity index (χ2n) is 8.12. The smallest absolute Gasteiger partial charge is 0.170 e. The van der Waals surface area contributed by atoms with Gasteiger partial charge in [0.2, 0.25) is 0 Å². The summed E-state index contributed by atoms with van der Waals surface area (Å²) in [5, 5.41) is 4.12. The van der Waals surface area contributed by atoms with Crippen molar-refractivity contribution in [3.63, 3.8) is 0 Å². The summed E-state index contributed by atoms with van der Waals surface area (Å²) in [6.07, 6.45) is 6.47. The number of pyridine rings is 1. The van der Waals surface area contributed by atoms with E-state index in [9.17, 15) is 4.79 Å². The molecule has 160 valence electrons. The van der Waals surface area contributed by atoms with Crippen LogP contribution in [0, 0.1) is 5.92 Å². The van der Waals surface area contributed by atoms with Gasteiger partial charge in [-0.15, -0.1) is 0 Å². The Hall–Kier alpha value is -3.80. The van der Waals surface area contributed by atoms with Crippen LogP contribution in [0.25, 0.3) is 33.4 Å². The van der Waals surface area contributed by atoms with Gasteiger partial charge in [-0.2, -0.15) is 0 Å². The van der Waals surface area contributed by atoms with E-state index >= 15 is 0 Å². The van der Waals surface area contributed by atoms with Gasteiger partial charge in [0.1, 0.15) is 18.2 Å². The molecule has 5 rings (SSSR count). The maximum atomic E-state index is 12.0. The largest absolute Gasteiger partial charge is 0.486 e. The average molecular weight is 425 g/mol. The molecule has 0 radical (unpaired) electrons. The highest BCUT2D eigenvalue weighted by atomic mass is 16.5. The van der Waals surface area contributed by atoms with Gasteiger partial charge in [0, 0.05) is 36.8 Å². The van der Waals surface area contributed by atoms with Crippen LogP contribution in [0.15, 0.2) is 67.0 Å². The van der Waals surface area contributed by atoms with E-state index in [2.05, 4.69) is 16.4 Å². The number of carbonyl (C=O) groups excluding carboxylic acids is 1. The van der Waals surface area contributed by atoms with E-state index in [0.29, 0.717) is 23.9 Å². The topological polar surface area (TPSA) is 77.0 Å². The van der Waals surface area contributed by atoms with Crippen LogP contribution in [-0.2, 0) is 4.79 Å². The van der Waals surface area contributed by atoms with Crippen molar-refractivity contribution in [1.29, 1.82) is 0 Å². The Balaban J connectivity index is 1.42. The third kappa shape index (κ3) is 4.44. The van der Waals surface area contributed by atoms with Crippen molar-refractivity contribution in [2.45, 2.75) is 19.3 Å². The standard InChI is InChI=1S/C26H24N4O2/c1-27-26-23-14-19(9-10-24(23)29-25(30-26)20-5-3-11-28-15-20)18-4-2-6-22(13-18)32-16-21(31)12-17-7-8-17/h2-6,9-11,13-15,17H,7-8,12,16H2,1H3,(H,27,29,30). The lowest BCUT2D eigenvalue weighted by atomic mass is 10.0. The summed E-state index contributed by atoms with van der Waals surface area (Å²) in [6.45, 7) is 0.131. The Morgan fingerprint density at radius 1 is 1.03 bits per heavy atom. The molecule has 1 fully saturated rings. The molecule has 0 bridgehead atoms. The summed E-state index contributed by atoms with van der Waals surface area (Å²) in [5.74, 6) is 2.84. The van der Waals surface area contributed by atoms with Gasteiger partial charge in [0.05, 0.1) is 5.52 Å². The molecule has 2 aromatic heterocycles. The number of ketones is 1. The number of carbonyl (C=O) groups is 1. The molecule has 32 heavy (non-hydrogen) atoms. The molecule has 0 spiro atoms. The van der Waals surface area contributed by atoms with Gasteiger partial charge >= 0.3 is 0 Å². The number of hydrogen-bond donors (Lipinski definition) is 1. The van der Waals surface area contributed by atoms with Gasteiger partial charge in [-0.05, 0) is 66.3 Å². The Morgan fingerprint density at radius 3 is 2.66 bits per heavy atom. The summed E-state index contributed by atoms with van der Waals surface area (Å²) >= 11 is 0. The minimum atomic E-state index is 0.131. The predicted molar refractivity (Wildman–Crippen MR) is 126 cm³/mol. The number of aromatic nitrogens is 3. The van der Waals surface area contributed by atoms with Crippen molar-refractivity contribution in [2.24, 2.45) is 5.92 Å². The van der Waals surface area contributed by atoms with Gasteiger partial charge in [0.15, 0.2) is 11.6 Å². The first kappa shape index (κ1) is 20.1. The van der Waals surface area contributed by atoms with E-state index in [4.69, 9.17) is 14.7 Å². The maximum absolute atomic E-state index is 12.0. The van der Waals surface area contributed by atoms with Crippen LogP contribution in [0.2, 0.25) is 0 Å². The molecular weight excluding hydrogens is 400 g/mol. The van der Waals surface area contributed by atoms with Gasteiger partial charge in [0.25, 0.3) is 0 Å². The van der Waals surface area contributed by atoms with Gasteiger partial charge in [-0.25, -0.2) is 9.97 Å². The van der Waals surface area contributed by atoms with Crippen LogP contribution >= 0.6 is 0 Å². The summed E-state index contributed by atoms with van der Waals surface area (Å²) in [7, 11) is 1.86. The van der Waals surface area contributed by atoms with Crippen molar-refractivity contribution < 1.29 is 9.53 Å². The zero-order chi connectivity index (χ0) is 21.9. The number of Topliss-reactive ketones (excluding diaryl/α,β-unsaturated/α-hetero) is 1. The average Bonchev–Trinajstić information content (AvgIpc) is 3.66. The summed E-state index contributed by atoms with van der Waals surface area (Å²) in [6, 6.07) is 17.8. The van der Waals surface area contributed by atoms with Crippen molar-refractivity contribution in [3.05, 3.63) is 67.0 Å². The lowest BCUT2D eigenvalue weighted by Crippen LogP contribution is -2.11. The van der Waals surface area contributed by atoms with Crippen LogP contribution in [0.1, 0.15) is 19.3 Å². The fourth-order valence-corrected chi connectivity index (χ4v) is 3.75. The predicted octanol–water partition coefficient (Wildman–Crippen LogP) is 5.15. The van der Waals surface area contributed by atoms with Gasteiger partial charge in [-0.1, -0.05) is 18.2 Å². The van der Waals surface area contributed by atoms with Crippen LogP contribution in [0.4, 0.5) is 5.82 Å². The molecule has 1 aliphatic carbocycles. The number of nitrogens with zero attached hydrogens (tertiary/aromatic N) is 3. The molecule has 0 atom stereocenters. The molecule has 6 nitrogen and oxygen atoms in total. The first-order valence-electron chi connectivity index (χ1n) is 10.8. The molecule has 1 saturated carbocycles. The molecule has 0 amide bonds. The number of rotatable bonds is 8. The van der Waals surface area contributed by atoms with Gasteiger partial charge in [-0.3, -0.25) is 9.78 Å². The third-order valence-electron chi connectivity index (χ3n) is 5.63. The summed E-state index contributed by atoms with van der Waals surface area (Å²) in [5.41, 5.74) is 3.76. The quantitative estimate of drug-likeness (QED) is 0.422. The maximum Gasteiger partial charge on any atom is 0.170 e. The van der Waals surface area contributed by atoms with E-state index in [1.54, 1.807) is 12.4 Å².